The van der Waals surface area contributed by atoms with Crippen LogP contribution in [0.2, 0.25) is 0 Å². The van der Waals surface area contributed by atoms with E-state index in [1.807, 2.05) is 0 Å². The van der Waals surface area contributed by atoms with Crippen LogP contribution < -0.4 is 11.5 Å². The predicted octanol–water partition coefficient (Wildman–Crippen LogP) is 2.25. The van der Waals surface area contributed by atoms with Crippen molar-refractivity contribution in [3.8, 4) is 0 Å². The third-order valence-corrected chi connectivity index (χ3v) is 4.16. The van der Waals surface area contributed by atoms with E-state index in [4.69, 9.17) is 11.5 Å². The summed E-state index contributed by atoms with van der Waals surface area (Å²) in [6, 6.07) is 0. The van der Waals surface area contributed by atoms with Crippen LogP contribution in [0.1, 0.15) is 70.6 Å². The monoisotopic (exact) mass is 254 g/mol. The van der Waals surface area contributed by atoms with Gasteiger partial charge in [0.25, 0.3) is 0 Å². The van der Waals surface area contributed by atoms with Crippen LogP contribution in [-0.4, -0.2) is 11.8 Å². The number of rotatable bonds is 5. The van der Waals surface area contributed by atoms with Crippen molar-refractivity contribution in [3.05, 3.63) is 0 Å². The van der Waals surface area contributed by atoms with E-state index in [0.29, 0.717) is 19.3 Å². The second-order valence-electron chi connectivity index (χ2n) is 5.59. The van der Waals surface area contributed by atoms with Crippen molar-refractivity contribution < 1.29 is 9.59 Å². The van der Waals surface area contributed by atoms with E-state index < -0.39 is 0 Å². The minimum absolute atomic E-state index is 0.186. The summed E-state index contributed by atoms with van der Waals surface area (Å²) < 4.78 is 0. The lowest BCUT2D eigenvalue weighted by Gasteiger charge is -2.30. The Kier molecular flexibility index (Phi) is 6.16. The Morgan fingerprint density at radius 1 is 0.889 bits per heavy atom. The quantitative estimate of drug-likeness (QED) is 0.788. The van der Waals surface area contributed by atoms with Gasteiger partial charge in [-0.2, -0.15) is 0 Å². The van der Waals surface area contributed by atoms with Gasteiger partial charge in [-0.1, -0.05) is 38.5 Å². The summed E-state index contributed by atoms with van der Waals surface area (Å²) in [5.41, 5.74) is 10.4. The van der Waals surface area contributed by atoms with Crippen LogP contribution in [-0.2, 0) is 9.59 Å². The third-order valence-electron chi connectivity index (χ3n) is 4.16. The highest BCUT2D eigenvalue weighted by molar-refractivity contribution is 5.81. The smallest absolute Gasteiger partial charge is 0.223 e. The topological polar surface area (TPSA) is 86.2 Å². The maximum atomic E-state index is 11.8. The van der Waals surface area contributed by atoms with Crippen molar-refractivity contribution in [3.63, 3.8) is 0 Å². The Hall–Kier alpha value is -1.06. The summed E-state index contributed by atoms with van der Waals surface area (Å²) in [5.74, 6) is -0.480. The Labute approximate surface area is 109 Å². The van der Waals surface area contributed by atoms with Crippen molar-refractivity contribution in [1.29, 1.82) is 0 Å². The zero-order valence-corrected chi connectivity index (χ0v) is 11.2. The standard InChI is InChI=1S/C14H26N2O2/c15-12(17)8-7-11-14(13(16)18)9-5-3-1-2-4-6-10-14/h1-11H2,(H2,15,17)(H2,16,18). The number of primary amides is 2. The molecular weight excluding hydrogens is 228 g/mol. The molecule has 0 aliphatic heterocycles. The molecule has 1 rings (SSSR count). The molecule has 0 aromatic heterocycles. The molecule has 1 saturated carbocycles. The van der Waals surface area contributed by atoms with Crippen molar-refractivity contribution in [2.24, 2.45) is 16.9 Å². The molecule has 0 bridgehead atoms. The van der Waals surface area contributed by atoms with E-state index in [9.17, 15) is 9.59 Å². The molecule has 18 heavy (non-hydrogen) atoms. The minimum Gasteiger partial charge on any atom is -0.370 e. The molecule has 0 atom stereocenters. The van der Waals surface area contributed by atoms with Gasteiger partial charge in [0.1, 0.15) is 0 Å². The predicted molar refractivity (Wildman–Crippen MR) is 71.6 cm³/mol. The normalized spacial score (nSPS) is 20.4. The van der Waals surface area contributed by atoms with Gasteiger partial charge in [-0.05, 0) is 25.7 Å². The van der Waals surface area contributed by atoms with Crippen LogP contribution in [0.25, 0.3) is 0 Å². The highest BCUT2D eigenvalue weighted by atomic mass is 16.1. The highest BCUT2D eigenvalue weighted by Gasteiger charge is 2.35. The molecule has 0 saturated heterocycles. The number of hydrogen-bond donors (Lipinski definition) is 2. The average molecular weight is 254 g/mol. The van der Waals surface area contributed by atoms with Crippen LogP contribution in [0.15, 0.2) is 0 Å². The van der Waals surface area contributed by atoms with E-state index in [1.54, 1.807) is 0 Å². The van der Waals surface area contributed by atoms with Crippen molar-refractivity contribution >= 4 is 11.8 Å². The maximum absolute atomic E-state index is 11.8. The summed E-state index contributed by atoms with van der Waals surface area (Å²) in [6.07, 6.45) is 10.5. The lowest BCUT2D eigenvalue weighted by atomic mass is 9.74. The largest absolute Gasteiger partial charge is 0.370 e. The molecule has 4 heteroatoms. The van der Waals surface area contributed by atoms with E-state index in [0.717, 1.165) is 25.7 Å². The van der Waals surface area contributed by atoms with Crippen LogP contribution in [0.5, 0.6) is 0 Å². The summed E-state index contributed by atoms with van der Waals surface area (Å²) in [6.45, 7) is 0. The first-order valence-electron chi connectivity index (χ1n) is 7.15. The molecule has 0 unspecified atom stereocenters. The minimum atomic E-state index is -0.389. The van der Waals surface area contributed by atoms with E-state index in [2.05, 4.69) is 0 Å². The Morgan fingerprint density at radius 2 is 1.39 bits per heavy atom. The van der Waals surface area contributed by atoms with Gasteiger partial charge < -0.3 is 11.5 Å². The number of amides is 2. The molecule has 0 radical (unpaired) electrons. The number of carbonyl (C=O) groups is 2. The first-order chi connectivity index (χ1) is 8.57. The second kappa shape index (κ2) is 7.39. The zero-order valence-electron chi connectivity index (χ0n) is 11.2. The summed E-state index contributed by atoms with van der Waals surface area (Å²) in [7, 11) is 0. The van der Waals surface area contributed by atoms with Gasteiger partial charge in [-0.15, -0.1) is 0 Å². The maximum Gasteiger partial charge on any atom is 0.223 e. The Morgan fingerprint density at radius 3 is 1.83 bits per heavy atom. The van der Waals surface area contributed by atoms with Crippen LogP contribution in [0.3, 0.4) is 0 Å². The van der Waals surface area contributed by atoms with E-state index >= 15 is 0 Å². The van der Waals surface area contributed by atoms with Gasteiger partial charge in [-0.25, -0.2) is 0 Å². The molecule has 0 heterocycles. The number of hydrogen-bond acceptors (Lipinski definition) is 2. The van der Waals surface area contributed by atoms with Gasteiger partial charge >= 0.3 is 0 Å². The second-order valence-corrected chi connectivity index (χ2v) is 5.59. The SMILES string of the molecule is NC(=O)CCCC1(C(N)=O)CCCCCCCC1. The van der Waals surface area contributed by atoms with E-state index in [-0.39, 0.29) is 17.2 Å². The molecule has 4 N–H and O–H groups in total. The summed E-state index contributed by atoms with van der Waals surface area (Å²) in [5, 5.41) is 0. The molecule has 4 nitrogen and oxygen atoms in total. The Bertz CT molecular complexity index is 280. The highest BCUT2D eigenvalue weighted by Crippen LogP contribution is 2.37. The Balaban J connectivity index is 2.62. The summed E-state index contributed by atoms with van der Waals surface area (Å²) in [4.78, 5) is 22.6. The van der Waals surface area contributed by atoms with Gasteiger partial charge in [0.2, 0.25) is 11.8 Å². The summed E-state index contributed by atoms with van der Waals surface area (Å²) >= 11 is 0. The first kappa shape index (κ1) is 15.0. The molecule has 0 spiro atoms. The fourth-order valence-electron chi connectivity index (χ4n) is 2.98. The molecule has 104 valence electrons. The molecule has 1 aliphatic carbocycles. The molecule has 2 amide bonds. The molecule has 1 aliphatic rings. The lowest BCUT2D eigenvalue weighted by molar-refractivity contribution is -0.129. The average Bonchev–Trinajstić information content (AvgIpc) is 2.41. The molecule has 0 aromatic rings. The number of nitrogens with two attached hydrogens (primary N) is 2. The van der Waals surface area contributed by atoms with E-state index in [1.165, 1.54) is 25.7 Å². The fourth-order valence-corrected chi connectivity index (χ4v) is 2.98. The third kappa shape index (κ3) is 4.67. The lowest BCUT2D eigenvalue weighted by Crippen LogP contribution is -2.37. The van der Waals surface area contributed by atoms with Crippen LogP contribution in [0, 0.1) is 5.41 Å². The van der Waals surface area contributed by atoms with Crippen molar-refractivity contribution in [2.45, 2.75) is 70.6 Å². The first-order valence-corrected chi connectivity index (χ1v) is 7.15. The van der Waals surface area contributed by atoms with Crippen LogP contribution in [0.4, 0.5) is 0 Å². The van der Waals surface area contributed by atoms with Crippen molar-refractivity contribution in [1.82, 2.24) is 0 Å². The fraction of sp³-hybridized carbons (Fsp3) is 0.857. The van der Waals surface area contributed by atoms with Gasteiger partial charge in [-0.3, -0.25) is 9.59 Å². The molecule has 1 fully saturated rings. The molecular formula is C14H26N2O2. The zero-order chi connectivity index (χ0) is 13.4. The van der Waals surface area contributed by atoms with Gasteiger partial charge in [0.05, 0.1) is 0 Å². The molecule has 0 aromatic carbocycles. The van der Waals surface area contributed by atoms with Crippen LogP contribution >= 0.6 is 0 Å². The number of carbonyl (C=O) groups excluding carboxylic acids is 2. The van der Waals surface area contributed by atoms with Gasteiger partial charge in [0, 0.05) is 11.8 Å². The van der Waals surface area contributed by atoms with Gasteiger partial charge in [0.15, 0.2) is 0 Å². The van der Waals surface area contributed by atoms with Crippen molar-refractivity contribution in [2.75, 3.05) is 0 Å².